The fourth-order valence-electron chi connectivity index (χ4n) is 4.40. The predicted molar refractivity (Wildman–Crippen MR) is 127 cm³/mol. The highest BCUT2D eigenvalue weighted by Crippen LogP contribution is 2.26. The Hall–Kier alpha value is -3.09. The fourth-order valence-corrected chi connectivity index (χ4v) is 4.40. The standard InChI is InChI=1S/C27H33FN2O4/c1-27(2,3)34-26(32)30-17-20-6-4-19(16-21(20)18-30)5-11-25(31)29-14-12-24(13-15-29)33-23-9-7-22(28)8-10-23/h4,6-10,16,24H,5,11-15,17-18H2,1-3H3. The van der Waals surface area contributed by atoms with Crippen LogP contribution in [0.25, 0.3) is 0 Å². The maximum Gasteiger partial charge on any atom is 0.410 e. The Bertz CT molecular complexity index is 1020. The topological polar surface area (TPSA) is 59.1 Å². The minimum Gasteiger partial charge on any atom is -0.490 e. The summed E-state index contributed by atoms with van der Waals surface area (Å²) in [5.74, 6) is 0.528. The van der Waals surface area contributed by atoms with Crippen LogP contribution >= 0.6 is 0 Å². The van der Waals surface area contributed by atoms with Crippen LogP contribution in [0.3, 0.4) is 0 Å². The van der Waals surface area contributed by atoms with E-state index in [-0.39, 0.29) is 23.9 Å². The van der Waals surface area contributed by atoms with Crippen molar-refractivity contribution in [1.29, 1.82) is 0 Å². The highest BCUT2D eigenvalue weighted by molar-refractivity contribution is 5.76. The third-order valence-electron chi connectivity index (χ3n) is 6.18. The molecular weight excluding hydrogens is 435 g/mol. The molecule has 0 spiro atoms. The summed E-state index contributed by atoms with van der Waals surface area (Å²) in [5.41, 5.74) is 2.84. The molecule has 2 aromatic carbocycles. The summed E-state index contributed by atoms with van der Waals surface area (Å²) in [7, 11) is 0. The number of benzene rings is 2. The van der Waals surface area contributed by atoms with E-state index >= 15 is 0 Å². The molecular formula is C27H33FN2O4. The van der Waals surface area contributed by atoms with Crippen molar-refractivity contribution in [1.82, 2.24) is 9.80 Å². The smallest absolute Gasteiger partial charge is 0.410 e. The molecule has 4 rings (SSSR count). The largest absolute Gasteiger partial charge is 0.490 e. The molecule has 0 saturated carbocycles. The van der Waals surface area contributed by atoms with Crippen molar-refractivity contribution in [3.63, 3.8) is 0 Å². The van der Waals surface area contributed by atoms with Gasteiger partial charge in [-0.15, -0.1) is 0 Å². The number of nitrogens with zero attached hydrogens (tertiary/aromatic N) is 2. The van der Waals surface area contributed by atoms with Gasteiger partial charge in [0, 0.05) is 45.4 Å². The predicted octanol–water partition coefficient (Wildman–Crippen LogP) is 5.08. The molecule has 0 aromatic heterocycles. The van der Waals surface area contributed by atoms with Crippen molar-refractivity contribution in [2.75, 3.05) is 13.1 Å². The first-order valence-electron chi connectivity index (χ1n) is 11.9. The summed E-state index contributed by atoms with van der Waals surface area (Å²) >= 11 is 0. The number of carbonyl (C=O) groups excluding carboxylic acids is 2. The van der Waals surface area contributed by atoms with E-state index < -0.39 is 5.60 Å². The molecule has 7 heteroatoms. The molecule has 0 aliphatic carbocycles. The summed E-state index contributed by atoms with van der Waals surface area (Å²) in [6.07, 6.45) is 2.40. The number of rotatable bonds is 5. The lowest BCUT2D eigenvalue weighted by Crippen LogP contribution is -2.41. The normalized spacial score (nSPS) is 16.4. The lowest BCUT2D eigenvalue weighted by atomic mass is 10.0. The van der Waals surface area contributed by atoms with Gasteiger partial charge in [-0.2, -0.15) is 0 Å². The van der Waals surface area contributed by atoms with E-state index in [1.54, 1.807) is 17.0 Å². The number of aryl methyl sites for hydroxylation is 1. The molecule has 1 saturated heterocycles. The highest BCUT2D eigenvalue weighted by atomic mass is 19.1. The van der Waals surface area contributed by atoms with E-state index in [1.165, 1.54) is 12.1 Å². The molecule has 0 N–H and O–H groups in total. The van der Waals surface area contributed by atoms with Crippen molar-refractivity contribution in [2.45, 2.75) is 71.2 Å². The zero-order valence-electron chi connectivity index (χ0n) is 20.2. The first-order valence-corrected chi connectivity index (χ1v) is 11.9. The number of carbonyl (C=O) groups is 2. The summed E-state index contributed by atoms with van der Waals surface area (Å²) in [6, 6.07) is 12.3. The average Bonchev–Trinajstić information content (AvgIpc) is 3.22. The van der Waals surface area contributed by atoms with Gasteiger partial charge in [0.15, 0.2) is 0 Å². The summed E-state index contributed by atoms with van der Waals surface area (Å²) < 4.78 is 24.5. The minimum absolute atomic E-state index is 0.0409. The Morgan fingerprint density at radius 1 is 0.971 bits per heavy atom. The number of hydrogen-bond donors (Lipinski definition) is 0. The molecule has 2 heterocycles. The molecule has 0 unspecified atom stereocenters. The Labute approximate surface area is 200 Å². The van der Waals surface area contributed by atoms with Crippen LogP contribution in [0.15, 0.2) is 42.5 Å². The fraction of sp³-hybridized carbons (Fsp3) is 0.481. The van der Waals surface area contributed by atoms with E-state index in [0.717, 1.165) is 29.5 Å². The number of amides is 2. The molecule has 0 radical (unpaired) electrons. The van der Waals surface area contributed by atoms with Crippen LogP contribution in [0.5, 0.6) is 5.75 Å². The van der Waals surface area contributed by atoms with Crippen molar-refractivity contribution in [2.24, 2.45) is 0 Å². The van der Waals surface area contributed by atoms with E-state index in [0.29, 0.717) is 44.8 Å². The minimum atomic E-state index is -0.515. The maximum absolute atomic E-state index is 13.0. The molecule has 1 fully saturated rings. The van der Waals surface area contributed by atoms with Crippen molar-refractivity contribution >= 4 is 12.0 Å². The van der Waals surface area contributed by atoms with E-state index in [4.69, 9.17) is 9.47 Å². The Balaban J connectivity index is 1.23. The second-order valence-electron chi connectivity index (χ2n) is 10.1. The van der Waals surface area contributed by atoms with Gasteiger partial charge in [-0.25, -0.2) is 9.18 Å². The van der Waals surface area contributed by atoms with E-state index in [2.05, 4.69) is 12.1 Å². The van der Waals surface area contributed by atoms with Crippen molar-refractivity contribution in [3.8, 4) is 5.75 Å². The molecule has 2 aliphatic heterocycles. The molecule has 6 nitrogen and oxygen atoms in total. The molecule has 2 amide bonds. The first-order chi connectivity index (χ1) is 16.2. The van der Waals surface area contributed by atoms with Gasteiger partial charge >= 0.3 is 6.09 Å². The number of ether oxygens (including phenoxy) is 2. The molecule has 0 atom stereocenters. The monoisotopic (exact) mass is 468 g/mol. The van der Waals surface area contributed by atoms with Crippen molar-refractivity contribution in [3.05, 3.63) is 65.0 Å². The Morgan fingerprint density at radius 3 is 2.32 bits per heavy atom. The van der Waals surface area contributed by atoms with Gasteiger partial charge < -0.3 is 14.4 Å². The zero-order valence-corrected chi connectivity index (χ0v) is 20.2. The average molecular weight is 469 g/mol. The lowest BCUT2D eigenvalue weighted by molar-refractivity contribution is -0.132. The third kappa shape index (κ3) is 6.27. The lowest BCUT2D eigenvalue weighted by Gasteiger charge is -2.32. The SMILES string of the molecule is CC(C)(C)OC(=O)N1Cc2ccc(CCC(=O)N3CCC(Oc4ccc(F)cc4)CC3)cc2C1. The quantitative estimate of drug-likeness (QED) is 0.614. The number of fused-ring (bicyclic) bond motifs is 1. The van der Waals surface area contributed by atoms with E-state index in [1.807, 2.05) is 31.7 Å². The summed E-state index contributed by atoms with van der Waals surface area (Å²) in [5, 5.41) is 0. The van der Waals surface area contributed by atoms with Crippen LogP contribution in [0.4, 0.5) is 9.18 Å². The first kappa shape index (κ1) is 24.0. The van der Waals surface area contributed by atoms with Gasteiger partial charge in [0.05, 0.1) is 0 Å². The number of hydrogen-bond acceptors (Lipinski definition) is 4. The maximum atomic E-state index is 13.0. The van der Waals surface area contributed by atoms with Gasteiger partial charge in [0.25, 0.3) is 0 Å². The van der Waals surface area contributed by atoms with Crippen molar-refractivity contribution < 1.29 is 23.5 Å². The summed E-state index contributed by atoms with van der Waals surface area (Å²) in [6.45, 7) is 8.02. The van der Waals surface area contributed by atoms with Gasteiger partial charge in [0.1, 0.15) is 23.3 Å². The van der Waals surface area contributed by atoms with Gasteiger partial charge in [-0.3, -0.25) is 9.69 Å². The van der Waals surface area contributed by atoms with Crippen LogP contribution in [-0.2, 0) is 29.0 Å². The zero-order chi connectivity index (χ0) is 24.3. The second kappa shape index (κ2) is 10.0. The number of piperidine rings is 1. The third-order valence-corrected chi connectivity index (χ3v) is 6.18. The van der Waals surface area contributed by atoms with Gasteiger partial charge in [-0.05, 0) is 68.1 Å². The second-order valence-corrected chi connectivity index (χ2v) is 10.1. The van der Waals surface area contributed by atoms with E-state index in [9.17, 15) is 14.0 Å². The van der Waals surface area contributed by atoms with Crippen LogP contribution in [0.2, 0.25) is 0 Å². The Kier molecular flexibility index (Phi) is 7.10. The molecule has 2 aromatic rings. The van der Waals surface area contributed by atoms with Crippen LogP contribution in [0.1, 0.15) is 56.7 Å². The Morgan fingerprint density at radius 2 is 1.65 bits per heavy atom. The molecule has 34 heavy (non-hydrogen) atoms. The van der Waals surface area contributed by atoms with Gasteiger partial charge in [-0.1, -0.05) is 18.2 Å². The number of likely N-dealkylation sites (tertiary alicyclic amines) is 1. The molecule has 2 aliphatic rings. The number of halogens is 1. The molecule has 0 bridgehead atoms. The highest BCUT2D eigenvalue weighted by Gasteiger charge is 2.28. The van der Waals surface area contributed by atoms with Crippen LogP contribution in [0, 0.1) is 5.82 Å². The van der Waals surface area contributed by atoms with Crippen LogP contribution in [-0.4, -0.2) is 46.6 Å². The molecule has 182 valence electrons. The van der Waals surface area contributed by atoms with Gasteiger partial charge in [0.2, 0.25) is 5.91 Å². The summed E-state index contributed by atoms with van der Waals surface area (Å²) in [4.78, 5) is 28.7. The van der Waals surface area contributed by atoms with Crippen LogP contribution < -0.4 is 4.74 Å².